The summed E-state index contributed by atoms with van der Waals surface area (Å²) in [6.45, 7) is 7.58. The second-order valence-corrected chi connectivity index (χ2v) is 4.89. The van der Waals surface area contributed by atoms with E-state index < -0.39 is 6.04 Å². The van der Waals surface area contributed by atoms with Crippen LogP contribution in [0.1, 0.15) is 31.9 Å². The molecule has 1 rings (SSSR count). The highest BCUT2D eigenvalue weighted by atomic mass is 16.5. The zero-order valence-electron chi connectivity index (χ0n) is 12.0. The molecular formula is C15H24N2O2. The van der Waals surface area contributed by atoms with Gasteiger partial charge >= 0.3 is 0 Å². The maximum atomic E-state index is 11.8. The summed E-state index contributed by atoms with van der Waals surface area (Å²) in [4.78, 5) is 11.8. The van der Waals surface area contributed by atoms with Crippen LogP contribution in [0.3, 0.4) is 0 Å². The van der Waals surface area contributed by atoms with E-state index in [0.29, 0.717) is 19.8 Å². The lowest BCUT2D eigenvalue weighted by atomic mass is 10.0. The molecule has 0 aliphatic rings. The first-order valence-electron chi connectivity index (χ1n) is 6.74. The molecule has 3 N–H and O–H groups in total. The molecule has 0 saturated heterocycles. The summed E-state index contributed by atoms with van der Waals surface area (Å²) in [7, 11) is 0. The molecule has 1 aromatic carbocycles. The van der Waals surface area contributed by atoms with Crippen molar-refractivity contribution in [2.24, 2.45) is 11.7 Å². The fourth-order valence-corrected chi connectivity index (χ4v) is 1.69. The van der Waals surface area contributed by atoms with Crippen molar-refractivity contribution in [1.82, 2.24) is 5.32 Å². The summed E-state index contributed by atoms with van der Waals surface area (Å²) >= 11 is 0. The van der Waals surface area contributed by atoms with E-state index >= 15 is 0 Å². The van der Waals surface area contributed by atoms with Gasteiger partial charge in [0.25, 0.3) is 0 Å². The van der Waals surface area contributed by atoms with Gasteiger partial charge in [0.1, 0.15) is 0 Å². The van der Waals surface area contributed by atoms with Gasteiger partial charge in [0.05, 0.1) is 12.6 Å². The molecular weight excluding hydrogens is 240 g/mol. The molecule has 0 saturated carbocycles. The SMILES string of the molecule is CCOCc1ccccc1CNC(=O)[C@@H](N)C(C)C. The van der Waals surface area contributed by atoms with Gasteiger partial charge in [-0.1, -0.05) is 38.1 Å². The average Bonchev–Trinajstić information content (AvgIpc) is 2.42. The minimum atomic E-state index is -0.459. The summed E-state index contributed by atoms with van der Waals surface area (Å²) in [5, 5.41) is 2.88. The summed E-state index contributed by atoms with van der Waals surface area (Å²) in [6.07, 6.45) is 0. The van der Waals surface area contributed by atoms with Gasteiger partial charge < -0.3 is 15.8 Å². The van der Waals surface area contributed by atoms with E-state index in [9.17, 15) is 4.79 Å². The van der Waals surface area contributed by atoms with Crippen LogP contribution in [0.25, 0.3) is 0 Å². The number of carbonyl (C=O) groups excluding carboxylic acids is 1. The third-order valence-electron chi connectivity index (χ3n) is 3.05. The smallest absolute Gasteiger partial charge is 0.237 e. The van der Waals surface area contributed by atoms with Gasteiger partial charge in [-0.15, -0.1) is 0 Å². The number of benzene rings is 1. The van der Waals surface area contributed by atoms with Crippen LogP contribution in [0, 0.1) is 5.92 Å². The van der Waals surface area contributed by atoms with Crippen molar-refractivity contribution in [2.45, 2.75) is 40.0 Å². The molecule has 1 atom stereocenters. The highest BCUT2D eigenvalue weighted by Crippen LogP contribution is 2.10. The van der Waals surface area contributed by atoms with Crippen LogP contribution in [0.15, 0.2) is 24.3 Å². The number of nitrogens with two attached hydrogens (primary N) is 1. The standard InChI is InChI=1S/C15H24N2O2/c1-4-19-10-13-8-6-5-7-12(13)9-17-15(18)14(16)11(2)3/h5-8,11,14H,4,9-10,16H2,1-3H3,(H,17,18)/t14-/m0/s1. The Hall–Kier alpha value is -1.39. The number of amides is 1. The quantitative estimate of drug-likeness (QED) is 0.789. The van der Waals surface area contributed by atoms with Crippen LogP contribution in [-0.2, 0) is 22.7 Å². The van der Waals surface area contributed by atoms with Crippen LogP contribution < -0.4 is 11.1 Å². The Bertz CT molecular complexity index is 405. The highest BCUT2D eigenvalue weighted by molar-refractivity contribution is 5.81. The van der Waals surface area contributed by atoms with Crippen molar-refractivity contribution >= 4 is 5.91 Å². The van der Waals surface area contributed by atoms with E-state index in [0.717, 1.165) is 11.1 Å². The summed E-state index contributed by atoms with van der Waals surface area (Å²) in [5.74, 6) is 0.0277. The molecule has 1 amide bonds. The van der Waals surface area contributed by atoms with E-state index in [1.807, 2.05) is 45.0 Å². The van der Waals surface area contributed by atoms with Gasteiger partial charge in [0.15, 0.2) is 0 Å². The predicted octanol–water partition coefficient (Wildman–Crippen LogP) is 1.82. The fraction of sp³-hybridized carbons (Fsp3) is 0.533. The summed E-state index contributed by atoms with van der Waals surface area (Å²) in [6, 6.07) is 7.48. The minimum absolute atomic E-state index is 0.110. The van der Waals surface area contributed by atoms with Crippen molar-refractivity contribution in [1.29, 1.82) is 0 Å². The molecule has 0 radical (unpaired) electrons. The lowest BCUT2D eigenvalue weighted by molar-refractivity contribution is -0.123. The molecule has 0 fully saturated rings. The Morgan fingerprint density at radius 2 is 1.95 bits per heavy atom. The van der Waals surface area contributed by atoms with Gasteiger partial charge in [-0.3, -0.25) is 4.79 Å². The maximum Gasteiger partial charge on any atom is 0.237 e. The Labute approximate surface area is 115 Å². The molecule has 19 heavy (non-hydrogen) atoms. The third kappa shape index (κ3) is 5.01. The van der Waals surface area contributed by atoms with Gasteiger partial charge in [-0.05, 0) is 24.0 Å². The number of rotatable bonds is 7. The zero-order valence-corrected chi connectivity index (χ0v) is 12.0. The minimum Gasteiger partial charge on any atom is -0.377 e. The van der Waals surface area contributed by atoms with Crippen LogP contribution >= 0.6 is 0 Å². The number of nitrogens with one attached hydrogen (secondary N) is 1. The number of hydrogen-bond acceptors (Lipinski definition) is 3. The highest BCUT2D eigenvalue weighted by Gasteiger charge is 2.16. The monoisotopic (exact) mass is 264 g/mol. The van der Waals surface area contributed by atoms with Crippen molar-refractivity contribution in [2.75, 3.05) is 6.61 Å². The van der Waals surface area contributed by atoms with Crippen LogP contribution in [0.4, 0.5) is 0 Å². The Morgan fingerprint density at radius 3 is 2.53 bits per heavy atom. The van der Waals surface area contributed by atoms with E-state index in [4.69, 9.17) is 10.5 Å². The Balaban J connectivity index is 2.59. The van der Waals surface area contributed by atoms with E-state index in [2.05, 4.69) is 5.32 Å². The molecule has 0 heterocycles. The van der Waals surface area contributed by atoms with Crippen molar-refractivity contribution in [3.63, 3.8) is 0 Å². The van der Waals surface area contributed by atoms with Crippen molar-refractivity contribution in [3.05, 3.63) is 35.4 Å². The number of carbonyl (C=O) groups is 1. The van der Waals surface area contributed by atoms with Gasteiger partial charge in [-0.25, -0.2) is 0 Å². The molecule has 1 aromatic rings. The van der Waals surface area contributed by atoms with E-state index in [1.54, 1.807) is 0 Å². The van der Waals surface area contributed by atoms with Gasteiger partial charge in [-0.2, -0.15) is 0 Å². The molecule has 0 aromatic heterocycles. The van der Waals surface area contributed by atoms with Crippen molar-refractivity contribution < 1.29 is 9.53 Å². The lowest BCUT2D eigenvalue weighted by Crippen LogP contribution is -2.43. The average molecular weight is 264 g/mol. The van der Waals surface area contributed by atoms with Crippen LogP contribution in [0.5, 0.6) is 0 Å². The molecule has 0 spiro atoms. The molecule has 4 nitrogen and oxygen atoms in total. The van der Waals surface area contributed by atoms with E-state index in [1.165, 1.54) is 0 Å². The first-order chi connectivity index (χ1) is 9.06. The van der Waals surface area contributed by atoms with Crippen molar-refractivity contribution in [3.8, 4) is 0 Å². The normalized spacial score (nSPS) is 12.5. The number of hydrogen-bond donors (Lipinski definition) is 2. The Kier molecular flexibility index (Phi) is 6.53. The van der Waals surface area contributed by atoms with Crippen LogP contribution in [-0.4, -0.2) is 18.6 Å². The zero-order chi connectivity index (χ0) is 14.3. The first kappa shape index (κ1) is 15.7. The largest absolute Gasteiger partial charge is 0.377 e. The van der Waals surface area contributed by atoms with E-state index in [-0.39, 0.29) is 11.8 Å². The molecule has 106 valence electrons. The fourth-order valence-electron chi connectivity index (χ4n) is 1.69. The summed E-state index contributed by atoms with van der Waals surface area (Å²) in [5.41, 5.74) is 7.98. The molecule has 0 aliphatic carbocycles. The van der Waals surface area contributed by atoms with Crippen LogP contribution in [0.2, 0.25) is 0 Å². The molecule has 4 heteroatoms. The second-order valence-electron chi connectivity index (χ2n) is 4.89. The maximum absolute atomic E-state index is 11.8. The lowest BCUT2D eigenvalue weighted by Gasteiger charge is -2.16. The van der Waals surface area contributed by atoms with Gasteiger partial charge in [0, 0.05) is 13.2 Å². The first-order valence-corrected chi connectivity index (χ1v) is 6.74. The third-order valence-corrected chi connectivity index (χ3v) is 3.05. The molecule has 0 bridgehead atoms. The Morgan fingerprint density at radius 1 is 1.32 bits per heavy atom. The topological polar surface area (TPSA) is 64.3 Å². The molecule has 0 aliphatic heterocycles. The second kappa shape index (κ2) is 7.92. The molecule has 0 unspecified atom stereocenters. The predicted molar refractivity (Wildman–Crippen MR) is 76.4 cm³/mol. The number of ether oxygens (including phenoxy) is 1. The van der Waals surface area contributed by atoms with Gasteiger partial charge in [0.2, 0.25) is 5.91 Å². The summed E-state index contributed by atoms with van der Waals surface area (Å²) < 4.78 is 5.42.